The highest BCUT2D eigenvalue weighted by molar-refractivity contribution is 7.98. The number of para-hydroxylation sites is 1. The highest BCUT2D eigenvalue weighted by Crippen LogP contribution is 2.33. The Morgan fingerprint density at radius 2 is 2.04 bits per heavy atom. The molecule has 4 rings (SSSR count). The van der Waals surface area contributed by atoms with Crippen molar-refractivity contribution in [3.05, 3.63) is 30.5 Å². The number of benzene rings is 1. The molecule has 5 nitrogen and oxygen atoms in total. The van der Waals surface area contributed by atoms with Crippen molar-refractivity contribution in [3.8, 4) is 5.75 Å². The van der Waals surface area contributed by atoms with Gasteiger partial charge in [-0.2, -0.15) is 8.87 Å². The van der Waals surface area contributed by atoms with E-state index in [0.717, 1.165) is 48.5 Å². The topological polar surface area (TPSA) is 42.7 Å². The standard InChI is InChI=1S/C18H19B2FN4OS/c1-26-14-4-2-3-13-16(14)25-10-7-15(23-17(25)22-13)24-8-5-12(6-9-24)11-18(19,20)27-21/h2-4,7,10,12H,5-6,8-9,11H2,1H3. The van der Waals surface area contributed by atoms with Gasteiger partial charge < -0.3 is 9.64 Å². The van der Waals surface area contributed by atoms with Crippen molar-refractivity contribution in [1.82, 2.24) is 14.4 Å². The zero-order chi connectivity index (χ0) is 19.0. The molecule has 1 saturated heterocycles. The Balaban J connectivity index is 1.54. The Kier molecular flexibility index (Phi) is 4.97. The van der Waals surface area contributed by atoms with Crippen LogP contribution in [0.5, 0.6) is 5.75 Å². The molecule has 3 aromatic rings. The predicted octanol–water partition coefficient (Wildman–Crippen LogP) is 3.11. The van der Waals surface area contributed by atoms with Crippen molar-refractivity contribution in [1.29, 1.82) is 0 Å². The molecule has 0 aliphatic carbocycles. The van der Waals surface area contributed by atoms with Gasteiger partial charge >= 0.3 is 0 Å². The van der Waals surface area contributed by atoms with E-state index >= 15 is 0 Å². The van der Waals surface area contributed by atoms with E-state index in [1.165, 1.54) is 0 Å². The molecule has 3 heterocycles. The van der Waals surface area contributed by atoms with Crippen LogP contribution in [0.15, 0.2) is 30.5 Å². The number of halogens is 1. The van der Waals surface area contributed by atoms with E-state index in [1.807, 2.05) is 34.9 Å². The van der Waals surface area contributed by atoms with Crippen LogP contribution in [0.2, 0.25) is 0 Å². The summed E-state index contributed by atoms with van der Waals surface area (Å²) >= 11 is 0.0326. The van der Waals surface area contributed by atoms with Crippen molar-refractivity contribution in [3.63, 3.8) is 0 Å². The van der Waals surface area contributed by atoms with Crippen molar-refractivity contribution in [2.45, 2.75) is 23.8 Å². The summed E-state index contributed by atoms with van der Waals surface area (Å²) in [5.74, 6) is 2.63. The van der Waals surface area contributed by atoms with Crippen LogP contribution in [0.1, 0.15) is 19.3 Å². The summed E-state index contributed by atoms with van der Waals surface area (Å²) in [5.41, 5.74) is 1.77. The predicted molar refractivity (Wildman–Crippen MR) is 110 cm³/mol. The summed E-state index contributed by atoms with van der Waals surface area (Å²) in [4.78, 5) is 11.6. The molecule has 136 valence electrons. The number of fused-ring (bicyclic) bond motifs is 3. The van der Waals surface area contributed by atoms with Gasteiger partial charge in [-0.3, -0.25) is 4.40 Å². The monoisotopic (exact) mass is 380 g/mol. The minimum absolute atomic E-state index is 0.0326. The number of piperidine rings is 1. The number of methoxy groups -OCH3 is 1. The van der Waals surface area contributed by atoms with Crippen LogP contribution in [-0.2, 0) is 0 Å². The number of aromatic nitrogens is 3. The van der Waals surface area contributed by atoms with Crippen molar-refractivity contribution in [2.75, 3.05) is 25.1 Å². The molecule has 27 heavy (non-hydrogen) atoms. The quantitative estimate of drug-likeness (QED) is 0.637. The van der Waals surface area contributed by atoms with E-state index in [9.17, 15) is 3.89 Å². The fourth-order valence-corrected chi connectivity index (χ4v) is 4.09. The number of hydrogen-bond donors (Lipinski definition) is 0. The van der Waals surface area contributed by atoms with Gasteiger partial charge in [0.25, 0.3) is 0 Å². The lowest BCUT2D eigenvalue weighted by atomic mass is 9.64. The zero-order valence-electron chi connectivity index (χ0n) is 15.1. The summed E-state index contributed by atoms with van der Waals surface area (Å²) in [6.07, 6.45) is 4.27. The maximum Gasteiger partial charge on any atom is 0.236 e. The lowest BCUT2D eigenvalue weighted by molar-refractivity contribution is 0.384. The third-order valence-electron chi connectivity index (χ3n) is 5.15. The van der Waals surface area contributed by atoms with E-state index in [4.69, 9.17) is 25.4 Å². The average Bonchev–Trinajstić information content (AvgIpc) is 3.06. The van der Waals surface area contributed by atoms with Crippen LogP contribution in [0.4, 0.5) is 9.70 Å². The van der Waals surface area contributed by atoms with E-state index in [-0.39, 0.29) is 12.1 Å². The summed E-state index contributed by atoms with van der Waals surface area (Å²) in [5, 5.41) is 0. The maximum atomic E-state index is 12.8. The Morgan fingerprint density at radius 1 is 1.26 bits per heavy atom. The second kappa shape index (κ2) is 7.26. The molecular formula is C18H19B2FN4OS. The van der Waals surface area contributed by atoms with Gasteiger partial charge in [0.05, 0.1) is 28.3 Å². The smallest absolute Gasteiger partial charge is 0.236 e. The van der Waals surface area contributed by atoms with Gasteiger partial charge in [-0.25, -0.2) is 4.98 Å². The number of ether oxygens (including phenoxy) is 1. The molecule has 1 aromatic carbocycles. The third-order valence-corrected chi connectivity index (χ3v) is 5.61. The SMILES string of the molecule is [B]C([B])(CC1CCN(c2ccn3c(n2)nc2cccc(OC)c23)CC1)SF. The maximum absolute atomic E-state index is 12.8. The molecule has 1 aliphatic rings. The van der Waals surface area contributed by atoms with Crippen LogP contribution < -0.4 is 9.64 Å². The van der Waals surface area contributed by atoms with Gasteiger partial charge in [-0.1, -0.05) is 6.07 Å². The minimum Gasteiger partial charge on any atom is -0.494 e. The zero-order valence-corrected chi connectivity index (χ0v) is 16.0. The molecule has 0 saturated carbocycles. The van der Waals surface area contributed by atoms with Gasteiger partial charge in [0.1, 0.15) is 17.1 Å². The summed E-state index contributed by atoms with van der Waals surface area (Å²) < 4.78 is 18.9. The number of nitrogens with zero attached hydrogens (tertiary/aromatic N) is 4. The highest BCUT2D eigenvalue weighted by Gasteiger charge is 2.27. The van der Waals surface area contributed by atoms with E-state index in [2.05, 4.69) is 9.88 Å². The summed E-state index contributed by atoms with van der Waals surface area (Å²) in [6.45, 7) is 1.68. The number of imidazole rings is 1. The fourth-order valence-electron chi connectivity index (χ4n) is 3.80. The Hall–Kier alpha value is -1.89. The first kappa shape index (κ1) is 18.5. The van der Waals surface area contributed by atoms with Crippen molar-refractivity contribution < 1.29 is 8.62 Å². The molecule has 2 aromatic heterocycles. The average molecular weight is 380 g/mol. The molecule has 1 fully saturated rings. The van der Waals surface area contributed by atoms with Crippen molar-refractivity contribution >= 4 is 50.5 Å². The molecule has 9 heteroatoms. The Bertz CT molecular complexity index is 959. The van der Waals surface area contributed by atoms with Crippen molar-refractivity contribution in [2.24, 2.45) is 5.92 Å². The summed E-state index contributed by atoms with van der Waals surface area (Å²) in [7, 11) is 13.1. The second-order valence-corrected chi connectivity index (χ2v) is 7.98. The van der Waals surface area contributed by atoms with Crippen LogP contribution in [-0.4, -0.2) is 54.8 Å². The van der Waals surface area contributed by atoms with E-state index in [0.29, 0.717) is 18.1 Å². The molecular weight excluding hydrogens is 361 g/mol. The molecule has 1 aliphatic heterocycles. The second-order valence-electron chi connectivity index (χ2n) is 7.06. The van der Waals surface area contributed by atoms with Crippen LogP contribution in [0.3, 0.4) is 0 Å². The van der Waals surface area contributed by atoms with Gasteiger partial charge in [-0.05, 0) is 47.9 Å². The summed E-state index contributed by atoms with van der Waals surface area (Å²) in [6, 6.07) is 7.78. The van der Waals surface area contributed by atoms with Gasteiger partial charge in [0.2, 0.25) is 5.78 Å². The highest BCUT2D eigenvalue weighted by atomic mass is 32.2. The first-order chi connectivity index (χ1) is 13.0. The first-order valence-electron chi connectivity index (χ1n) is 8.95. The number of hydrogen-bond acceptors (Lipinski definition) is 5. The fraction of sp³-hybridized carbons (Fsp3) is 0.444. The Labute approximate surface area is 164 Å². The molecule has 0 unspecified atom stereocenters. The molecule has 4 radical (unpaired) electrons. The Morgan fingerprint density at radius 3 is 2.74 bits per heavy atom. The normalized spacial score (nSPS) is 16.3. The molecule has 0 N–H and O–H groups in total. The number of rotatable bonds is 5. The van der Waals surface area contributed by atoms with Crippen LogP contribution in [0, 0.1) is 5.92 Å². The van der Waals surface area contributed by atoms with E-state index in [1.54, 1.807) is 7.11 Å². The molecule has 0 spiro atoms. The molecule has 0 bridgehead atoms. The van der Waals surface area contributed by atoms with Gasteiger partial charge in [0, 0.05) is 31.4 Å². The van der Waals surface area contributed by atoms with Crippen LogP contribution in [0.25, 0.3) is 16.8 Å². The largest absolute Gasteiger partial charge is 0.494 e. The lowest BCUT2D eigenvalue weighted by Crippen LogP contribution is -2.37. The van der Waals surface area contributed by atoms with E-state index < -0.39 is 4.55 Å². The molecule has 0 amide bonds. The molecule has 0 atom stereocenters. The lowest BCUT2D eigenvalue weighted by Gasteiger charge is -2.35. The number of anilines is 1. The van der Waals surface area contributed by atoms with Gasteiger partial charge in [-0.15, -0.1) is 0 Å². The van der Waals surface area contributed by atoms with Crippen LogP contribution >= 0.6 is 12.1 Å². The first-order valence-corrected chi connectivity index (χ1v) is 9.67. The minimum atomic E-state index is -1.29. The third kappa shape index (κ3) is 3.61. The van der Waals surface area contributed by atoms with Gasteiger partial charge in [0.15, 0.2) is 0 Å².